The Kier molecular flexibility index (Phi) is 6.58. The molecule has 1 fully saturated rings. The van der Waals surface area contributed by atoms with Gasteiger partial charge in [0, 0.05) is 36.0 Å². The van der Waals surface area contributed by atoms with Crippen LogP contribution in [0.15, 0.2) is 36.9 Å². The Bertz CT molecular complexity index is 1090. The summed E-state index contributed by atoms with van der Waals surface area (Å²) in [7, 11) is 0. The summed E-state index contributed by atoms with van der Waals surface area (Å²) >= 11 is 0. The Morgan fingerprint density at radius 1 is 1.18 bits per heavy atom. The molecule has 0 saturated heterocycles. The maximum atomic E-state index is 13.6. The number of hydrogen-bond acceptors (Lipinski definition) is 5. The molecule has 0 unspecified atom stereocenters. The number of nitrogens with zero attached hydrogens (tertiary/aromatic N) is 1. The quantitative estimate of drug-likeness (QED) is 0.557. The van der Waals surface area contributed by atoms with E-state index >= 15 is 0 Å². The van der Waals surface area contributed by atoms with Crippen molar-refractivity contribution in [3.63, 3.8) is 0 Å². The molecule has 0 aromatic heterocycles. The summed E-state index contributed by atoms with van der Waals surface area (Å²) in [5.41, 5.74) is 2.89. The van der Waals surface area contributed by atoms with Crippen LogP contribution in [0.3, 0.4) is 0 Å². The lowest BCUT2D eigenvalue weighted by atomic mass is 9.90. The zero-order chi connectivity index (χ0) is 23.5. The lowest BCUT2D eigenvalue weighted by Crippen LogP contribution is -2.27. The molecule has 2 amide bonds. The Hall–Kier alpha value is -3.48. The van der Waals surface area contributed by atoms with Gasteiger partial charge >= 0.3 is 0 Å². The lowest BCUT2D eigenvalue weighted by Gasteiger charge is -2.25. The largest absolute Gasteiger partial charge is 0.507 e. The number of phenols is 2. The number of nitrogens with one attached hydrogen (secondary N) is 1. The minimum Gasteiger partial charge on any atom is -0.507 e. The van der Waals surface area contributed by atoms with Crippen LogP contribution in [0.25, 0.3) is 0 Å². The van der Waals surface area contributed by atoms with Gasteiger partial charge < -0.3 is 25.2 Å². The summed E-state index contributed by atoms with van der Waals surface area (Å²) in [4.78, 5) is 27.0. The molecule has 0 bridgehead atoms. The van der Waals surface area contributed by atoms with Crippen LogP contribution in [0, 0.1) is 12.8 Å². The molecule has 3 N–H and O–H groups in total. The number of carbonyl (C=O) groups excluding carboxylic acids is 2. The Morgan fingerprint density at radius 3 is 2.67 bits per heavy atom. The summed E-state index contributed by atoms with van der Waals surface area (Å²) in [5, 5.41) is 23.7. The predicted octanol–water partition coefficient (Wildman–Crippen LogP) is 4.65. The van der Waals surface area contributed by atoms with E-state index < -0.39 is 0 Å². The minimum absolute atomic E-state index is 0.0607. The number of fused-ring (bicyclic) bond motifs is 1. The van der Waals surface area contributed by atoms with Crippen LogP contribution >= 0.6 is 0 Å². The van der Waals surface area contributed by atoms with Crippen LogP contribution in [-0.2, 0) is 17.9 Å². The molecular formula is C26H30N2O5. The Labute approximate surface area is 193 Å². The fraction of sp³-hybridized carbons (Fsp3) is 0.385. The van der Waals surface area contributed by atoms with Gasteiger partial charge in [-0.2, -0.15) is 0 Å². The van der Waals surface area contributed by atoms with Crippen LogP contribution < -0.4 is 10.1 Å². The summed E-state index contributed by atoms with van der Waals surface area (Å²) in [6.07, 6.45) is 6.92. The molecule has 2 aromatic rings. The molecule has 7 heteroatoms. The average Bonchev–Trinajstić information content (AvgIpc) is 3.26. The molecule has 7 nitrogen and oxygen atoms in total. The SMILES string of the molecule is C=CC(=O)Nc1cccc2c1CN(C(=O)c1c(O)cc(O)c(C)c1OCC1CCCCC1)C2. The van der Waals surface area contributed by atoms with E-state index in [0.29, 0.717) is 30.3 Å². The average molecular weight is 451 g/mol. The van der Waals surface area contributed by atoms with Crippen molar-refractivity contribution in [2.75, 3.05) is 11.9 Å². The van der Waals surface area contributed by atoms with Gasteiger partial charge in [0.25, 0.3) is 5.91 Å². The fourth-order valence-electron chi connectivity index (χ4n) is 4.70. The van der Waals surface area contributed by atoms with Crippen LogP contribution in [0.2, 0.25) is 0 Å². The third-order valence-corrected chi connectivity index (χ3v) is 6.60. The van der Waals surface area contributed by atoms with Crippen molar-refractivity contribution < 1.29 is 24.5 Å². The molecule has 0 spiro atoms. The molecular weight excluding hydrogens is 420 g/mol. The van der Waals surface area contributed by atoms with Gasteiger partial charge in [0.15, 0.2) is 0 Å². The molecule has 2 aromatic carbocycles. The standard InChI is InChI=1S/C26H30N2O5/c1-3-23(31)27-20-11-7-10-18-13-28(14-19(18)20)26(32)24-22(30)12-21(29)16(2)25(24)33-15-17-8-5-4-6-9-17/h3,7,10-12,17,29-30H,1,4-6,8-9,13-15H2,2H3,(H,27,31). The molecule has 1 saturated carbocycles. The first-order valence-corrected chi connectivity index (χ1v) is 11.4. The van der Waals surface area contributed by atoms with Crippen LogP contribution in [-0.4, -0.2) is 33.5 Å². The van der Waals surface area contributed by atoms with Crippen LogP contribution in [0.4, 0.5) is 5.69 Å². The van der Waals surface area contributed by atoms with E-state index in [0.717, 1.165) is 24.0 Å². The number of carbonyl (C=O) groups is 2. The van der Waals surface area contributed by atoms with E-state index in [1.807, 2.05) is 12.1 Å². The number of phenolic OH excluding ortho intramolecular Hbond substituents is 2. The van der Waals surface area contributed by atoms with E-state index in [1.165, 1.54) is 31.4 Å². The first-order chi connectivity index (χ1) is 15.9. The number of aromatic hydroxyl groups is 2. The van der Waals surface area contributed by atoms with Gasteiger partial charge in [-0.05, 0) is 43.4 Å². The Morgan fingerprint density at radius 2 is 1.94 bits per heavy atom. The number of ether oxygens (including phenoxy) is 1. The maximum absolute atomic E-state index is 13.6. The second-order valence-corrected chi connectivity index (χ2v) is 8.86. The van der Waals surface area contributed by atoms with Crippen molar-refractivity contribution in [2.24, 2.45) is 5.92 Å². The van der Waals surface area contributed by atoms with E-state index in [-0.39, 0.29) is 41.2 Å². The van der Waals surface area contributed by atoms with Crippen molar-refractivity contribution in [1.29, 1.82) is 0 Å². The van der Waals surface area contributed by atoms with Crippen LogP contribution in [0.1, 0.15) is 59.2 Å². The highest BCUT2D eigenvalue weighted by Crippen LogP contribution is 2.41. The fourth-order valence-corrected chi connectivity index (χ4v) is 4.70. The van der Waals surface area contributed by atoms with E-state index in [9.17, 15) is 19.8 Å². The topological polar surface area (TPSA) is 99.1 Å². The molecule has 0 radical (unpaired) electrons. The first-order valence-electron chi connectivity index (χ1n) is 11.4. The van der Waals surface area contributed by atoms with Crippen molar-refractivity contribution in [2.45, 2.75) is 52.1 Å². The number of hydrogen-bond donors (Lipinski definition) is 3. The molecule has 174 valence electrons. The molecule has 4 rings (SSSR count). The molecule has 1 aliphatic carbocycles. The van der Waals surface area contributed by atoms with Gasteiger partial charge in [-0.3, -0.25) is 9.59 Å². The van der Waals surface area contributed by atoms with E-state index in [2.05, 4.69) is 11.9 Å². The second kappa shape index (κ2) is 9.57. The third-order valence-electron chi connectivity index (χ3n) is 6.60. The minimum atomic E-state index is -0.383. The first kappa shape index (κ1) is 22.7. The van der Waals surface area contributed by atoms with Gasteiger partial charge in [-0.15, -0.1) is 0 Å². The summed E-state index contributed by atoms with van der Waals surface area (Å²) in [5.74, 6) is -0.485. The highest BCUT2D eigenvalue weighted by Gasteiger charge is 2.32. The molecule has 1 aliphatic heterocycles. The second-order valence-electron chi connectivity index (χ2n) is 8.86. The van der Waals surface area contributed by atoms with Crippen molar-refractivity contribution in [1.82, 2.24) is 4.90 Å². The maximum Gasteiger partial charge on any atom is 0.262 e. The highest BCUT2D eigenvalue weighted by molar-refractivity contribution is 6.02. The van der Waals surface area contributed by atoms with Gasteiger partial charge in [-0.1, -0.05) is 38.0 Å². The molecule has 33 heavy (non-hydrogen) atoms. The Balaban J connectivity index is 1.60. The molecule has 1 heterocycles. The van der Waals surface area contributed by atoms with Gasteiger partial charge in [0.05, 0.1) is 6.61 Å². The number of anilines is 1. The van der Waals surface area contributed by atoms with Gasteiger partial charge in [0.2, 0.25) is 5.91 Å². The number of benzene rings is 2. The van der Waals surface area contributed by atoms with Gasteiger partial charge in [0.1, 0.15) is 22.8 Å². The normalized spacial score (nSPS) is 15.7. The zero-order valence-corrected chi connectivity index (χ0v) is 18.9. The number of amides is 2. The predicted molar refractivity (Wildman–Crippen MR) is 125 cm³/mol. The van der Waals surface area contributed by atoms with Gasteiger partial charge in [-0.25, -0.2) is 0 Å². The van der Waals surface area contributed by atoms with E-state index in [1.54, 1.807) is 17.9 Å². The van der Waals surface area contributed by atoms with Crippen molar-refractivity contribution >= 4 is 17.5 Å². The smallest absolute Gasteiger partial charge is 0.262 e. The monoisotopic (exact) mass is 450 g/mol. The molecule has 2 aliphatic rings. The summed E-state index contributed by atoms with van der Waals surface area (Å²) in [6.45, 7) is 6.23. The summed E-state index contributed by atoms with van der Waals surface area (Å²) in [6, 6.07) is 6.71. The van der Waals surface area contributed by atoms with Crippen molar-refractivity contribution in [3.8, 4) is 17.2 Å². The number of rotatable bonds is 6. The zero-order valence-electron chi connectivity index (χ0n) is 18.9. The highest BCUT2D eigenvalue weighted by atomic mass is 16.5. The summed E-state index contributed by atoms with van der Waals surface area (Å²) < 4.78 is 6.08. The van der Waals surface area contributed by atoms with Crippen LogP contribution in [0.5, 0.6) is 17.2 Å². The van der Waals surface area contributed by atoms with Crippen molar-refractivity contribution in [3.05, 3.63) is 59.2 Å². The third kappa shape index (κ3) is 4.67. The molecule has 0 atom stereocenters. The van der Waals surface area contributed by atoms with E-state index in [4.69, 9.17) is 4.74 Å². The lowest BCUT2D eigenvalue weighted by molar-refractivity contribution is -0.111.